The normalized spacial score (nSPS) is 24.6. The largest absolute Gasteiger partial charge is 0.396 e. The molecule has 17 heavy (non-hydrogen) atoms. The number of carbonyl (C=O) groups excluding carboxylic acids is 1. The van der Waals surface area contributed by atoms with Crippen molar-refractivity contribution >= 4 is 5.91 Å². The van der Waals surface area contributed by atoms with Gasteiger partial charge in [-0.25, -0.2) is 0 Å². The number of carbonyl (C=O) groups is 1. The predicted molar refractivity (Wildman–Crippen MR) is 68.4 cm³/mol. The van der Waals surface area contributed by atoms with Crippen molar-refractivity contribution in [1.82, 2.24) is 5.32 Å². The van der Waals surface area contributed by atoms with Gasteiger partial charge >= 0.3 is 0 Å². The van der Waals surface area contributed by atoms with Gasteiger partial charge in [-0.2, -0.15) is 0 Å². The molecule has 0 bridgehead atoms. The van der Waals surface area contributed by atoms with E-state index < -0.39 is 0 Å². The summed E-state index contributed by atoms with van der Waals surface area (Å²) < 4.78 is 0. The number of nitrogens with two attached hydrogens (primary N) is 1. The summed E-state index contributed by atoms with van der Waals surface area (Å²) in [4.78, 5) is 11.8. The lowest BCUT2D eigenvalue weighted by Crippen LogP contribution is -2.34. The molecule has 0 atom stereocenters. The molecule has 0 heterocycles. The van der Waals surface area contributed by atoms with E-state index >= 15 is 0 Å². The third kappa shape index (κ3) is 5.50. The fraction of sp³-hybridized carbons (Fsp3) is 0.923. The molecule has 0 aliphatic heterocycles. The standard InChI is InChI=1S/C13H26N2O2/c14-10-11-4-6-12(7-5-11)13(17)15-8-2-1-3-9-16/h11-12,16H,1-10,14H2,(H,15,17). The molecule has 0 aromatic rings. The van der Waals surface area contributed by atoms with Gasteiger partial charge in [0, 0.05) is 19.1 Å². The van der Waals surface area contributed by atoms with Crippen molar-refractivity contribution in [3.05, 3.63) is 0 Å². The van der Waals surface area contributed by atoms with Crippen molar-refractivity contribution in [1.29, 1.82) is 0 Å². The minimum Gasteiger partial charge on any atom is -0.396 e. The van der Waals surface area contributed by atoms with Gasteiger partial charge < -0.3 is 16.2 Å². The quantitative estimate of drug-likeness (QED) is 0.584. The lowest BCUT2D eigenvalue weighted by Gasteiger charge is -2.26. The SMILES string of the molecule is NCC1CCC(C(=O)NCCCCCO)CC1. The summed E-state index contributed by atoms with van der Waals surface area (Å²) in [5, 5.41) is 11.6. The molecule has 4 nitrogen and oxygen atoms in total. The maximum absolute atomic E-state index is 11.8. The number of hydrogen-bond donors (Lipinski definition) is 3. The summed E-state index contributed by atoms with van der Waals surface area (Å²) in [5.41, 5.74) is 5.63. The first-order chi connectivity index (χ1) is 8.27. The maximum Gasteiger partial charge on any atom is 0.223 e. The summed E-state index contributed by atoms with van der Waals surface area (Å²) >= 11 is 0. The van der Waals surface area contributed by atoms with Crippen LogP contribution in [-0.2, 0) is 4.79 Å². The Morgan fingerprint density at radius 1 is 1.18 bits per heavy atom. The van der Waals surface area contributed by atoms with Crippen LogP contribution in [0.15, 0.2) is 0 Å². The molecular formula is C13H26N2O2. The first-order valence-electron chi connectivity index (χ1n) is 6.86. The molecule has 4 N–H and O–H groups in total. The van der Waals surface area contributed by atoms with Gasteiger partial charge in [0.1, 0.15) is 0 Å². The fourth-order valence-electron chi connectivity index (χ4n) is 2.43. The van der Waals surface area contributed by atoms with Crippen molar-refractivity contribution in [2.75, 3.05) is 19.7 Å². The van der Waals surface area contributed by atoms with E-state index in [1.54, 1.807) is 0 Å². The van der Waals surface area contributed by atoms with Gasteiger partial charge in [0.25, 0.3) is 0 Å². The summed E-state index contributed by atoms with van der Waals surface area (Å²) in [6.45, 7) is 1.75. The lowest BCUT2D eigenvalue weighted by molar-refractivity contribution is -0.126. The molecule has 0 spiro atoms. The van der Waals surface area contributed by atoms with Crippen LogP contribution in [0, 0.1) is 11.8 Å². The van der Waals surface area contributed by atoms with Crippen LogP contribution in [0.25, 0.3) is 0 Å². The number of aliphatic hydroxyl groups excluding tert-OH is 1. The first kappa shape index (κ1) is 14.5. The number of nitrogens with one attached hydrogen (secondary N) is 1. The van der Waals surface area contributed by atoms with Gasteiger partial charge in [0.05, 0.1) is 0 Å². The molecule has 0 aromatic heterocycles. The Kier molecular flexibility index (Phi) is 7.21. The van der Waals surface area contributed by atoms with E-state index in [1.807, 2.05) is 0 Å². The smallest absolute Gasteiger partial charge is 0.223 e. The lowest BCUT2D eigenvalue weighted by atomic mass is 9.81. The van der Waals surface area contributed by atoms with Gasteiger partial charge in [-0.3, -0.25) is 4.79 Å². The van der Waals surface area contributed by atoms with E-state index in [2.05, 4.69) is 5.32 Å². The van der Waals surface area contributed by atoms with Crippen LogP contribution in [0.4, 0.5) is 0 Å². The average Bonchev–Trinajstić information content (AvgIpc) is 2.38. The summed E-state index contributed by atoms with van der Waals surface area (Å²) in [6, 6.07) is 0. The molecule has 1 rings (SSSR count). The van der Waals surface area contributed by atoms with Crippen LogP contribution in [0.5, 0.6) is 0 Å². The molecule has 0 radical (unpaired) electrons. The van der Waals surface area contributed by atoms with Crippen LogP contribution in [0.2, 0.25) is 0 Å². The highest BCUT2D eigenvalue weighted by Gasteiger charge is 2.25. The van der Waals surface area contributed by atoms with Crippen LogP contribution in [-0.4, -0.2) is 30.7 Å². The molecular weight excluding hydrogens is 216 g/mol. The monoisotopic (exact) mass is 242 g/mol. The third-order valence-electron chi connectivity index (χ3n) is 3.68. The molecule has 1 saturated carbocycles. The first-order valence-corrected chi connectivity index (χ1v) is 6.86. The van der Waals surface area contributed by atoms with Crippen LogP contribution >= 0.6 is 0 Å². The molecule has 1 amide bonds. The summed E-state index contributed by atoms with van der Waals surface area (Å²) in [6.07, 6.45) is 6.95. The molecule has 1 fully saturated rings. The van der Waals surface area contributed by atoms with E-state index in [-0.39, 0.29) is 18.4 Å². The second-order valence-electron chi connectivity index (χ2n) is 5.03. The highest BCUT2D eigenvalue weighted by atomic mass is 16.2. The molecule has 0 saturated heterocycles. The van der Waals surface area contributed by atoms with E-state index in [9.17, 15) is 4.79 Å². The zero-order valence-electron chi connectivity index (χ0n) is 10.7. The summed E-state index contributed by atoms with van der Waals surface area (Å²) in [7, 11) is 0. The van der Waals surface area contributed by atoms with E-state index in [0.29, 0.717) is 5.92 Å². The number of hydrogen-bond acceptors (Lipinski definition) is 3. The average molecular weight is 242 g/mol. The Hall–Kier alpha value is -0.610. The van der Waals surface area contributed by atoms with Crippen LogP contribution < -0.4 is 11.1 Å². The minimum atomic E-state index is 0.204. The van der Waals surface area contributed by atoms with Crippen LogP contribution in [0.1, 0.15) is 44.9 Å². The molecule has 0 unspecified atom stereocenters. The van der Waals surface area contributed by atoms with E-state index in [1.165, 1.54) is 0 Å². The van der Waals surface area contributed by atoms with E-state index in [4.69, 9.17) is 10.8 Å². The van der Waals surface area contributed by atoms with Gasteiger partial charge in [0.15, 0.2) is 0 Å². The molecule has 100 valence electrons. The fourth-order valence-corrected chi connectivity index (χ4v) is 2.43. The Morgan fingerprint density at radius 3 is 2.47 bits per heavy atom. The topological polar surface area (TPSA) is 75.4 Å². The Morgan fingerprint density at radius 2 is 1.88 bits per heavy atom. The second kappa shape index (κ2) is 8.48. The molecule has 1 aliphatic rings. The van der Waals surface area contributed by atoms with Gasteiger partial charge in [0.2, 0.25) is 5.91 Å². The highest BCUT2D eigenvalue weighted by Crippen LogP contribution is 2.28. The zero-order chi connectivity index (χ0) is 12.5. The molecule has 4 heteroatoms. The Bertz CT molecular complexity index is 213. The summed E-state index contributed by atoms with van der Waals surface area (Å²) in [5.74, 6) is 1.05. The van der Waals surface area contributed by atoms with Crippen molar-refractivity contribution in [2.24, 2.45) is 17.6 Å². The molecule has 1 aliphatic carbocycles. The molecule has 0 aromatic carbocycles. The predicted octanol–water partition coefficient (Wildman–Crippen LogP) is 1.03. The minimum absolute atomic E-state index is 0.204. The van der Waals surface area contributed by atoms with Crippen molar-refractivity contribution in [3.8, 4) is 0 Å². The van der Waals surface area contributed by atoms with Crippen LogP contribution in [0.3, 0.4) is 0 Å². The Labute approximate surface area is 104 Å². The Balaban J connectivity index is 2.08. The third-order valence-corrected chi connectivity index (χ3v) is 3.68. The zero-order valence-corrected chi connectivity index (χ0v) is 10.7. The maximum atomic E-state index is 11.8. The van der Waals surface area contributed by atoms with Crippen molar-refractivity contribution in [3.63, 3.8) is 0 Å². The number of rotatable bonds is 7. The van der Waals surface area contributed by atoms with Gasteiger partial charge in [-0.05, 0) is 57.4 Å². The second-order valence-corrected chi connectivity index (χ2v) is 5.03. The highest BCUT2D eigenvalue weighted by molar-refractivity contribution is 5.78. The van der Waals surface area contributed by atoms with Gasteiger partial charge in [-0.15, -0.1) is 0 Å². The van der Waals surface area contributed by atoms with Gasteiger partial charge in [-0.1, -0.05) is 0 Å². The van der Waals surface area contributed by atoms with E-state index in [0.717, 1.165) is 58.0 Å². The van der Waals surface area contributed by atoms with Crippen molar-refractivity contribution < 1.29 is 9.90 Å². The number of aliphatic hydroxyl groups is 1. The number of amides is 1. The number of unbranched alkanes of at least 4 members (excludes halogenated alkanes) is 2. The van der Waals surface area contributed by atoms with Crippen molar-refractivity contribution in [2.45, 2.75) is 44.9 Å².